The zero-order valence-electron chi connectivity index (χ0n) is 35.9. The average molecular weight is 1700 g/mol. The van der Waals surface area contributed by atoms with E-state index in [4.69, 9.17) is 16.4 Å². The maximum absolute atomic E-state index is 12.7. The summed E-state index contributed by atoms with van der Waals surface area (Å²) >= 11 is 9.54. The van der Waals surface area contributed by atoms with Gasteiger partial charge in [-0.15, -0.1) is 61.2 Å². The topological polar surface area (TPSA) is 113 Å². The van der Waals surface area contributed by atoms with Crippen molar-refractivity contribution in [2.75, 3.05) is 39.3 Å². The number of hydrogen-bond acceptors (Lipinski definition) is 7. The molecular formula is C46H57Cl4I6N4O4S2-. The van der Waals surface area contributed by atoms with E-state index in [2.05, 4.69) is 138 Å². The number of benzene rings is 6. The largest absolute Gasteiger partial charge is 0.330 e. The summed E-state index contributed by atoms with van der Waals surface area (Å²) < 4.78 is 50.7. The van der Waals surface area contributed by atoms with Gasteiger partial charge in [-0.25, -0.2) is 21.6 Å². The van der Waals surface area contributed by atoms with E-state index in [1.165, 1.54) is 54.3 Å². The second-order valence-electron chi connectivity index (χ2n) is 14.6. The van der Waals surface area contributed by atoms with Gasteiger partial charge in [-0.1, -0.05) is 121 Å². The smallest absolute Gasteiger partial charge is 0.261 e. The second-order valence-corrected chi connectivity index (χ2v) is 35.2. The Morgan fingerprint density at radius 3 is 1.39 bits per heavy atom. The molecule has 2 aliphatic heterocycles. The molecule has 0 spiro atoms. The van der Waals surface area contributed by atoms with Gasteiger partial charge >= 0.3 is 50.5 Å². The minimum absolute atomic E-state index is 0. The van der Waals surface area contributed by atoms with E-state index < -0.39 is 19.1 Å². The quantitative estimate of drug-likeness (QED) is 0.0713. The van der Waals surface area contributed by atoms with Crippen LogP contribution in [0.5, 0.6) is 0 Å². The number of halogens is 10. The van der Waals surface area contributed by atoms with Gasteiger partial charge in [0.05, 0.1) is 9.79 Å². The van der Waals surface area contributed by atoms with Crippen molar-refractivity contribution in [1.29, 1.82) is 0 Å². The first-order valence-electron chi connectivity index (χ1n) is 20.2. The molecule has 0 bridgehead atoms. The molecule has 0 atom stereocenters. The van der Waals surface area contributed by atoms with E-state index in [0.717, 1.165) is 74.6 Å². The predicted molar refractivity (Wildman–Crippen MR) is 328 cm³/mol. The summed E-state index contributed by atoms with van der Waals surface area (Å²) in [4.78, 5) is 5.52. The van der Waals surface area contributed by atoms with Crippen LogP contribution in [0.3, 0.4) is 0 Å². The van der Waals surface area contributed by atoms with Crippen LogP contribution in [0.15, 0.2) is 143 Å². The number of rotatable bonds is 12. The SMILES string of the molecule is Cl.Cl.Cl.I.II.I[I-]I.NCCCCN1CCc2ccccc2C1.O=S(=O)(Cl)c1cccc2ccccc12.O=S(=O)(NCCCCN1CCc2ccccc2C1)c1cccc2ccccc12. The number of fused-ring (bicyclic) bond motifs is 4. The number of nitrogens with one attached hydrogen (secondary N) is 1. The molecule has 0 saturated heterocycles. The summed E-state index contributed by atoms with van der Waals surface area (Å²) in [6, 6.07) is 42.7. The third-order valence-electron chi connectivity index (χ3n) is 10.6. The van der Waals surface area contributed by atoms with Crippen LogP contribution in [0.4, 0.5) is 0 Å². The number of nitrogens with two attached hydrogens (primary N) is 1. The third-order valence-corrected chi connectivity index (χ3v) is 13.5. The Labute approximate surface area is 486 Å². The van der Waals surface area contributed by atoms with Crippen molar-refractivity contribution in [2.45, 2.75) is 61.4 Å². The Kier molecular flexibility index (Phi) is 37.6. The molecule has 66 heavy (non-hydrogen) atoms. The van der Waals surface area contributed by atoms with Gasteiger partial charge in [0.1, 0.15) is 0 Å². The summed E-state index contributed by atoms with van der Waals surface area (Å²) in [5, 5.41) is 3.24. The molecule has 0 fully saturated rings. The molecule has 0 aromatic heterocycles. The van der Waals surface area contributed by atoms with Gasteiger partial charge < -0.3 is 5.73 Å². The number of nitrogens with zero attached hydrogens (tertiary/aromatic N) is 2. The molecule has 8 rings (SSSR count). The molecule has 2 aliphatic rings. The monoisotopic (exact) mass is 1690 g/mol. The Bertz CT molecular complexity index is 2510. The summed E-state index contributed by atoms with van der Waals surface area (Å²) in [6.07, 6.45) is 6.52. The molecule has 3 N–H and O–H groups in total. The first kappa shape index (κ1) is 67.1. The molecule has 0 aliphatic carbocycles. The Morgan fingerprint density at radius 1 is 0.561 bits per heavy atom. The van der Waals surface area contributed by atoms with Crippen LogP contribution < -0.4 is 23.7 Å². The molecule has 0 radical (unpaired) electrons. The fraction of sp³-hybridized carbons (Fsp3) is 0.304. The van der Waals surface area contributed by atoms with E-state index in [0.29, 0.717) is 30.1 Å². The molecule has 368 valence electrons. The van der Waals surface area contributed by atoms with Gasteiger partial charge in [0.15, 0.2) is 0 Å². The molecular weight excluding hydrogens is 1640 g/mol. The molecule has 0 saturated carbocycles. The van der Waals surface area contributed by atoms with Crippen LogP contribution in [0, 0.1) is 0 Å². The van der Waals surface area contributed by atoms with E-state index in [1.54, 1.807) is 30.3 Å². The van der Waals surface area contributed by atoms with Crippen molar-refractivity contribution in [3.05, 3.63) is 156 Å². The Hall–Kier alpha value is 1.12. The van der Waals surface area contributed by atoms with Gasteiger partial charge in [-0.05, 0) is 103 Å². The van der Waals surface area contributed by atoms with E-state index in [1.807, 2.05) is 48.5 Å². The minimum Gasteiger partial charge on any atom is -0.330 e. The minimum atomic E-state index is -3.66. The van der Waals surface area contributed by atoms with Crippen molar-refractivity contribution in [3.8, 4) is 0 Å². The normalized spacial score (nSPS) is 12.9. The Balaban J connectivity index is 0.000000952. The summed E-state index contributed by atoms with van der Waals surface area (Å²) in [5.74, 6) is 0. The summed E-state index contributed by atoms with van der Waals surface area (Å²) in [6.45, 7) is 7.91. The number of unbranched alkanes of at least 4 members (excludes halogenated alkanes) is 2. The predicted octanol–water partition coefficient (Wildman–Crippen LogP) is 10.9. The molecule has 2 heterocycles. The maximum Gasteiger partial charge on any atom is 0.261 e. The zero-order valence-corrected chi connectivity index (χ0v) is 53.9. The van der Waals surface area contributed by atoms with Crippen LogP contribution in [0.2, 0.25) is 0 Å². The van der Waals surface area contributed by atoms with Crippen LogP contribution in [0.25, 0.3) is 21.5 Å². The standard InChI is InChI=1S/C23H26N2O2S.C13H20N2.C10H7ClO2S.3ClH.I3.I2.HI/c26-28(27,23-13-7-11-20-9-3-4-12-22(20)23)24-15-5-6-16-25-17-14-19-8-1-2-10-21(19)18-25;14-8-3-4-9-15-10-7-12-5-1-2-6-13(12)11-15;11-14(12,13)10-7-3-5-8-4-1-2-6-9(8)10;;;;1-3-2;1-2;/h1-4,7-13,24H,5-6,14-18H2;1-2,5-6H,3-4,7-11,14H2;1-7H;3*1H;;;1H/q;;;;;;-1;;. The van der Waals surface area contributed by atoms with Crippen molar-refractivity contribution < 1.29 is 30.1 Å². The molecule has 8 nitrogen and oxygen atoms in total. The van der Waals surface area contributed by atoms with Gasteiger partial charge in [0, 0.05) is 91.4 Å². The zero-order chi connectivity index (χ0) is 44.8. The number of sulfonamides is 1. The fourth-order valence-corrected chi connectivity index (χ4v) is 9.95. The van der Waals surface area contributed by atoms with Gasteiger partial charge in [0.2, 0.25) is 10.0 Å². The molecule has 0 unspecified atom stereocenters. The van der Waals surface area contributed by atoms with E-state index >= 15 is 0 Å². The average Bonchev–Trinajstić information content (AvgIpc) is 3.29. The first-order valence-corrected chi connectivity index (χ1v) is 42.9. The Morgan fingerprint density at radius 2 is 0.939 bits per heavy atom. The van der Waals surface area contributed by atoms with Gasteiger partial charge in [-0.3, -0.25) is 9.80 Å². The number of hydrogen-bond donors (Lipinski definition) is 2. The van der Waals surface area contributed by atoms with Crippen molar-refractivity contribution in [2.24, 2.45) is 5.73 Å². The van der Waals surface area contributed by atoms with E-state index in [-0.39, 0.29) is 66.1 Å². The summed E-state index contributed by atoms with van der Waals surface area (Å²) in [7, 11) is -1.84. The van der Waals surface area contributed by atoms with Gasteiger partial charge in [0.25, 0.3) is 9.05 Å². The van der Waals surface area contributed by atoms with Crippen molar-refractivity contribution in [1.82, 2.24) is 14.5 Å². The molecule has 6 aromatic carbocycles. The second kappa shape index (κ2) is 36.9. The van der Waals surface area contributed by atoms with Crippen molar-refractivity contribution in [3.63, 3.8) is 0 Å². The van der Waals surface area contributed by atoms with Crippen molar-refractivity contribution >= 4 is 187 Å². The third kappa shape index (κ3) is 22.5. The van der Waals surface area contributed by atoms with Crippen LogP contribution in [0.1, 0.15) is 47.9 Å². The maximum atomic E-state index is 12.7. The first-order chi connectivity index (χ1) is 30.0. The summed E-state index contributed by atoms with van der Waals surface area (Å²) in [5.41, 5.74) is 11.4. The van der Waals surface area contributed by atoms with Crippen LogP contribution in [-0.4, -0.2) is 65.9 Å². The fourth-order valence-electron chi connectivity index (χ4n) is 7.55. The van der Waals surface area contributed by atoms with E-state index in [9.17, 15) is 16.8 Å². The van der Waals surface area contributed by atoms with Crippen LogP contribution >= 0.6 is 146 Å². The van der Waals surface area contributed by atoms with Crippen LogP contribution in [-0.2, 0) is 45.0 Å². The molecule has 0 amide bonds. The molecule has 20 heteroatoms. The molecule has 6 aromatic rings. The van der Waals surface area contributed by atoms with Gasteiger partial charge in [-0.2, -0.15) is 0 Å².